The molecule has 148 valence electrons. The molecule has 0 amide bonds. The van der Waals surface area contributed by atoms with Crippen molar-refractivity contribution in [1.82, 2.24) is 0 Å². The molecule has 0 N–H and O–H groups in total. The highest BCUT2D eigenvalue weighted by Crippen LogP contribution is 2.41. The van der Waals surface area contributed by atoms with Crippen LogP contribution in [-0.2, 0) is 9.31 Å². The maximum atomic E-state index is 6.36. The van der Waals surface area contributed by atoms with Gasteiger partial charge >= 0.3 is 7.12 Å². The Morgan fingerprint density at radius 1 is 0.926 bits per heavy atom. The number of hydrogen-bond donors (Lipinski definition) is 0. The second-order valence-electron chi connectivity index (χ2n) is 10.1. The summed E-state index contributed by atoms with van der Waals surface area (Å²) in [6.45, 7) is 13.6. The molecule has 0 unspecified atom stereocenters. The molecule has 2 nitrogen and oxygen atoms in total. The van der Waals surface area contributed by atoms with E-state index in [1.54, 1.807) is 16.3 Å². The van der Waals surface area contributed by atoms with Crippen LogP contribution in [0.15, 0.2) is 41.5 Å². The van der Waals surface area contributed by atoms with Gasteiger partial charge in [0.1, 0.15) is 0 Å². The van der Waals surface area contributed by atoms with Crippen molar-refractivity contribution in [3.05, 3.63) is 41.5 Å². The van der Waals surface area contributed by atoms with Crippen molar-refractivity contribution >= 4 is 20.4 Å². The zero-order chi connectivity index (χ0) is 19.7. The lowest BCUT2D eigenvalue weighted by Crippen LogP contribution is -2.42. The molecule has 1 aliphatic heterocycles. The molecule has 2 fully saturated rings. The fraction of sp³-hybridized carbons (Fsp3) is 0.652. The zero-order valence-electron chi connectivity index (χ0n) is 18.2. The molecule has 1 aromatic carbocycles. The predicted octanol–water partition coefficient (Wildman–Crippen LogP) is 5.95. The van der Waals surface area contributed by atoms with E-state index in [4.69, 9.17) is 9.31 Å². The quantitative estimate of drug-likeness (QED) is 0.461. The van der Waals surface area contributed by atoms with Gasteiger partial charge in [-0.25, -0.2) is 0 Å². The van der Waals surface area contributed by atoms with E-state index in [9.17, 15) is 0 Å². The lowest BCUT2D eigenvalue weighted by atomic mass is 9.77. The molecule has 0 atom stereocenters. The Balaban J connectivity index is 1.83. The van der Waals surface area contributed by atoms with Gasteiger partial charge in [0.2, 0.25) is 0 Å². The van der Waals surface area contributed by atoms with Gasteiger partial charge in [0.05, 0.1) is 19.3 Å². The van der Waals surface area contributed by atoms with E-state index >= 15 is 0 Å². The number of hydrogen-bond acceptors (Lipinski definition) is 2. The lowest BCUT2D eigenvalue weighted by Gasteiger charge is -2.32. The van der Waals surface area contributed by atoms with Gasteiger partial charge in [0, 0.05) is 6.32 Å². The van der Waals surface area contributed by atoms with E-state index in [1.165, 1.54) is 38.1 Å². The van der Waals surface area contributed by atoms with Crippen LogP contribution in [0.3, 0.4) is 0 Å². The van der Waals surface area contributed by atoms with E-state index < -0.39 is 8.07 Å². The van der Waals surface area contributed by atoms with Gasteiger partial charge in [-0.05, 0) is 59.4 Å². The maximum Gasteiger partial charge on any atom is 0.462 e. The van der Waals surface area contributed by atoms with Gasteiger partial charge in [0.15, 0.2) is 0 Å². The molecule has 0 spiro atoms. The van der Waals surface area contributed by atoms with Crippen molar-refractivity contribution in [3.8, 4) is 0 Å². The van der Waals surface area contributed by atoms with Crippen LogP contribution in [0.4, 0.5) is 0 Å². The first-order chi connectivity index (χ1) is 12.6. The Bertz CT molecular complexity index is 655. The van der Waals surface area contributed by atoms with Crippen LogP contribution in [0, 0.1) is 0 Å². The molecule has 4 heteroatoms. The van der Waals surface area contributed by atoms with Gasteiger partial charge in [0.25, 0.3) is 0 Å². The predicted molar refractivity (Wildman–Crippen MR) is 119 cm³/mol. The van der Waals surface area contributed by atoms with Gasteiger partial charge in [-0.2, -0.15) is 0 Å². The lowest BCUT2D eigenvalue weighted by molar-refractivity contribution is 0.00578. The smallest absolute Gasteiger partial charge is 0.403 e. The molecule has 1 heterocycles. The van der Waals surface area contributed by atoms with Crippen molar-refractivity contribution in [2.75, 3.05) is 0 Å². The second-order valence-corrected chi connectivity index (χ2v) is 14.8. The summed E-state index contributed by atoms with van der Waals surface area (Å²) < 4.78 is 12.7. The summed E-state index contributed by atoms with van der Waals surface area (Å²) in [5.74, 6) is 0. The molecule has 1 aliphatic carbocycles. The topological polar surface area (TPSA) is 18.5 Å². The molecule has 2 aliphatic rings. The van der Waals surface area contributed by atoms with Crippen molar-refractivity contribution in [2.45, 2.75) is 96.5 Å². The van der Waals surface area contributed by atoms with E-state index in [0.29, 0.717) is 0 Å². The molecule has 0 aromatic heterocycles. The molecule has 3 rings (SSSR count). The summed E-state index contributed by atoms with van der Waals surface area (Å²) >= 11 is 0. The van der Waals surface area contributed by atoms with Crippen molar-refractivity contribution < 1.29 is 9.31 Å². The fourth-order valence-corrected chi connectivity index (χ4v) is 7.21. The Morgan fingerprint density at radius 2 is 1.48 bits per heavy atom. The average molecular weight is 384 g/mol. The first-order valence-corrected chi connectivity index (χ1v) is 13.9. The van der Waals surface area contributed by atoms with E-state index in [1.807, 2.05) is 0 Å². The molecule has 0 radical (unpaired) electrons. The van der Waals surface area contributed by atoms with Crippen LogP contribution in [-0.4, -0.2) is 26.4 Å². The van der Waals surface area contributed by atoms with E-state index in [0.717, 1.165) is 6.32 Å². The first kappa shape index (κ1) is 20.9. The average Bonchev–Trinajstić information content (AvgIpc) is 2.82. The van der Waals surface area contributed by atoms with Crippen LogP contribution in [0.2, 0.25) is 25.5 Å². The standard InChI is InChI=1S/C23H37BO2Si/c1-22(2)23(3,4)26-24(25-22)17-20(19-13-9-7-10-14-19)18-27(5,6)21-15-11-8-12-16-21/h8,11-12,15-16H,7,9-10,13-14,17-18H2,1-6H3. The van der Waals surface area contributed by atoms with Crippen LogP contribution < -0.4 is 5.19 Å². The minimum Gasteiger partial charge on any atom is -0.403 e. The number of allylic oxidation sites excluding steroid dienone is 2. The highest BCUT2D eigenvalue weighted by atomic mass is 28.3. The number of benzene rings is 1. The third-order valence-corrected chi connectivity index (χ3v) is 10.1. The molecule has 0 bridgehead atoms. The van der Waals surface area contributed by atoms with Gasteiger partial charge < -0.3 is 9.31 Å². The molecule has 1 aromatic rings. The summed E-state index contributed by atoms with van der Waals surface area (Å²) in [6, 6.07) is 12.4. The van der Waals surface area contributed by atoms with Crippen LogP contribution in [0.25, 0.3) is 0 Å². The summed E-state index contributed by atoms with van der Waals surface area (Å²) in [7, 11) is -1.65. The van der Waals surface area contributed by atoms with Crippen LogP contribution in [0.1, 0.15) is 59.8 Å². The minimum atomic E-state index is -1.54. The van der Waals surface area contributed by atoms with E-state index in [-0.39, 0.29) is 18.3 Å². The van der Waals surface area contributed by atoms with Crippen molar-refractivity contribution in [1.29, 1.82) is 0 Å². The largest absolute Gasteiger partial charge is 0.462 e. The van der Waals surface area contributed by atoms with Gasteiger partial charge in [-0.3, -0.25) is 0 Å². The van der Waals surface area contributed by atoms with Crippen LogP contribution >= 0.6 is 0 Å². The van der Waals surface area contributed by atoms with Gasteiger partial charge in [-0.1, -0.05) is 66.2 Å². The van der Waals surface area contributed by atoms with Gasteiger partial charge in [-0.15, -0.1) is 0 Å². The molecule has 27 heavy (non-hydrogen) atoms. The Hall–Kier alpha value is -0.838. The normalized spacial score (nSPS) is 22.1. The summed E-state index contributed by atoms with van der Waals surface area (Å²) in [5, 5.41) is 1.55. The Morgan fingerprint density at radius 3 is 2.04 bits per heavy atom. The fourth-order valence-electron chi connectivity index (χ4n) is 4.45. The first-order valence-electron chi connectivity index (χ1n) is 10.7. The monoisotopic (exact) mass is 384 g/mol. The third kappa shape index (κ3) is 4.78. The maximum absolute atomic E-state index is 6.36. The summed E-state index contributed by atoms with van der Waals surface area (Å²) in [6.07, 6.45) is 7.55. The molecule has 1 saturated carbocycles. The highest BCUT2D eigenvalue weighted by Gasteiger charge is 2.51. The third-order valence-electron chi connectivity index (χ3n) is 6.88. The Labute approximate surface area is 167 Å². The molecular weight excluding hydrogens is 347 g/mol. The van der Waals surface area contributed by atoms with Crippen molar-refractivity contribution in [2.24, 2.45) is 0 Å². The number of rotatable bonds is 5. The zero-order valence-corrected chi connectivity index (χ0v) is 19.2. The Kier molecular flexibility index (Phi) is 6.10. The van der Waals surface area contributed by atoms with Crippen LogP contribution in [0.5, 0.6) is 0 Å². The van der Waals surface area contributed by atoms with Crippen molar-refractivity contribution in [3.63, 3.8) is 0 Å². The highest BCUT2D eigenvalue weighted by molar-refractivity contribution is 6.90. The molecular formula is C23H37BO2Si. The molecule has 1 saturated heterocycles. The van der Waals surface area contributed by atoms with E-state index in [2.05, 4.69) is 71.1 Å². The summed E-state index contributed by atoms with van der Waals surface area (Å²) in [5.41, 5.74) is 2.85. The minimum absolute atomic E-state index is 0.111. The second kappa shape index (κ2) is 7.89. The summed E-state index contributed by atoms with van der Waals surface area (Å²) in [4.78, 5) is 0. The SMILES string of the molecule is CC1(C)OB(CC(C[Si](C)(C)c2ccccc2)=C2CCCCC2)OC1(C)C.